The smallest absolute Gasteiger partial charge is 0.251 e. The molecule has 0 aromatic heterocycles. The Morgan fingerprint density at radius 1 is 1.11 bits per heavy atom. The van der Waals surface area contributed by atoms with Crippen molar-refractivity contribution in [3.63, 3.8) is 0 Å². The Morgan fingerprint density at radius 2 is 1.79 bits per heavy atom. The van der Waals surface area contributed by atoms with Crippen molar-refractivity contribution < 1.29 is 13.2 Å². The first-order valence-electron chi connectivity index (χ1n) is 9.38. The Labute approximate surface area is 171 Å². The lowest BCUT2D eigenvalue weighted by Gasteiger charge is -2.19. The van der Waals surface area contributed by atoms with Gasteiger partial charge in [-0.15, -0.1) is 0 Å². The molecular weight excluding hydrogens is 396 g/mol. The predicted octanol–water partition coefficient (Wildman–Crippen LogP) is 4.23. The average molecular weight is 421 g/mol. The molecule has 1 fully saturated rings. The van der Waals surface area contributed by atoms with E-state index in [0.717, 1.165) is 29.5 Å². The van der Waals surface area contributed by atoms with E-state index in [0.29, 0.717) is 13.1 Å². The number of nitrogens with zero attached hydrogens (tertiary/aromatic N) is 1. The average Bonchev–Trinajstić information content (AvgIpc) is 3.17. The van der Waals surface area contributed by atoms with Gasteiger partial charge in [0.25, 0.3) is 5.91 Å². The Balaban J connectivity index is 1.84. The number of amides is 1. The van der Waals surface area contributed by atoms with Crippen LogP contribution in [0.1, 0.15) is 52.9 Å². The van der Waals surface area contributed by atoms with E-state index in [9.17, 15) is 13.2 Å². The Bertz CT molecular complexity index is 999. The third-order valence-corrected chi connectivity index (χ3v) is 7.50. The van der Waals surface area contributed by atoms with Gasteiger partial charge in [0.05, 0.1) is 11.1 Å². The highest BCUT2D eigenvalue weighted by atomic mass is 35.5. The molecule has 1 heterocycles. The van der Waals surface area contributed by atoms with Gasteiger partial charge in [-0.2, -0.15) is 4.31 Å². The number of nitrogens with one attached hydrogen (secondary N) is 1. The second kappa shape index (κ2) is 8.23. The van der Waals surface area contributed by atoms with E-state index in [1.165, 1.54) is 16.4 Å². The molecule has 1 saturated heterocycles. The van der Waals surface area contributed by atoms with E-state index in [4.69, 9.17) is 11.6 Å². The molecule has 1 amide bonds. The molecule has 2 aromatic rings. The highest BCUT2D eigenvalue weighted by molar-refractivity contribution is 7.89. The van der Waals surface area contributed by atoms with Crippen LogP contribution in [0.2, 0.25) is 5.02 Å². The predicted molar refractivity (Wildman–Crippen MR) is 111 cm³/mol. The van der Waals surface area contributed by atoms with Crippen molar-refractivity contribution in [2.24, 2.45) is 0 Å². The Morgan fingerprint density at radius 3 is 2.43 bits per heavy atom. The first kappa shape index (κ1) is 20.8. The molecular formula is C21H25ClN2O3S. The standard InChI is InChI=1S/C21H25ClN2O3S/c1-14-6-8-18(15(2)12-14)16(3)23-21(25)17-7-9-19(22)20(13-17)28(26,27)24-10-4-5-11-24/h6-9,12-13,16H,4-5,10-11H2,1-3H3,(H,23,25)/t16-/m0/s1. The first-order valence-corrected chi connectivity index (χ1v) is 11.2. The summed E-state index contributed by atoms with van der Waals surface area (Å²) in [7, 11) is -3.70. The maximum atomic E-state index is 12.9. The third-order valence-electron chi connectivity index (χ3n) is 5.12. The molecule has 7 heteroatoms. The van der Waals surface area contributed by atoms with Gasteiger partial charge in [0, 0.05) is 18.7 Å². The summed E-state index contributed by atoms with van der Waals surface area (Å²) in [5.41, 5.74) is 3.56. The summed E-state index contributed by atoms with van der Waals surface area (Å²) in [5.74, 6) is -0.331. The molecule has 28 heavy (non-hydrogen) atoms. The second-order valence-electron chi connectivity index (χ2n) is 7.31. The van der Waals surface area contributed by atoms with Crippen LogP contribution in [-0.2, 0) is 10.0 Å². The fourth-order valence-corrected chi connectivity index (χ4v) is 5.60. The van der Waals surface area contributed by atoms with Crippen molar-refractivity contribution in [1.82, 2.24) is 9.62 Å². The quantitative estimate of drug-likeness (QED) is 0.786. The van der Waals surface area contributed by atoms with Crippen LogP contribution in [0.5, 0.6) is 0 Å². The van der Waals surface area contributed by atoms with Gasteiger partial charge in [-0.25, -0.2) is 8.42 Å². The molecule has 2 aromatic carbocycles. The van der Waals surface area contributed by atoms with Crippen LogP contribution in [0.25, 0.3) is 0 Å². The van der Waals surface area contributed by atoms with E-state index in [-0.39, 0.29) is 27.4 Å². The molecule has 0 radical (unpaired) electrons. The molecule has 0 aliphatic carbocycles. The van der Waals surface area contributed by atoms with Gasteiger partial charge < -0.3 is 5.32 Å². The van der Waals surface area contributed by atoms with Gasteiger partial charge in [0.2, 0.25) is 10.0 Å². The molecule has 1 aliphatic heterocycles. The Kier molecular flexibility index (Phi) is 6.12. The molecule has 0 bridgehead atoms. The topological polar surface area (TPSA) is 66.5 Å². The normalized spacial score (nSPS) is 16.1. The maximum Gasteiger partial charge on any atom is 0.251 e. The van der Waals surface area contributed by atoms with Gasteiger partial charge >= 0.3 is 0 Å². The van der Waals surface area contributed by atoms with Crippen LogP contribution in [-0.4, -0.2) is 31.7 Å². The number of carbonyl (C=O) groups excluding carboxylic acids is 1. The molecule has 3 rings (SSSR count). The summed E-state index contributed by atoms with van der Waals surface area (Å²) >= 11 is 6.16. The van der Waals surface area contributed by atoms with Crippen molar-refractivity contribution in [2.45, 2.75) is 44.6 Å². The van der Waals surface area contributed by atoms with Crippen LogP contribution in [0.15, 0.2) is 41.3 Å². The molecule has 0 saturated carbocycles. The number of rotatable bonds is 5. The SMILES string of the molecule is Cc1ccc([C@H](C)NC(=O)c2ccc(Cl)c(S(=O)(=O)N3CCCC3)c2)c(C)c1. The van der Waals surface area contributed by atoms with Gasteiger partial charge in [-0.3, -0.25) is 4.79 Å². The zero-order valence-corrected chi connectivity index (χ0v) is 17.9. The molecule has 150 valence electrons. The van der Waals surface area contributed by atoms with Crippen LogP contribution in [0, 0.1) is 13.8 Å². The van der Waals surface area contributed by atoms with Crippen LogP contribution in [0.4, 0.5) is 0 Å². The van der Waals surface area contributed by atoms with Gasteiger partial charge in [0.1, 0.15) is 4.90 Å². The third kappa shape index (κ3) is 4.24. The molecule has 1 atom stereocenters. The highest BCUT2D eigenvalue weighted by Crippen LogP contribution is 2.28. The number of halogens is 1. The van der Waals surface area contributed by atoms with E-state index < -0.39 is 10.0 Å². The van der Waals surface area contributed by atoms with Crippen molar-refractivity contribution in [1.29, 1.82) is 0 Å². The van der Waals surface area contributed by atoms with Crippen molar-refractivity contribution >= 4 is 27.5 Å². The number of sulfonamides is 1. The minimum absolute atomic E-state index is 0.0112. The van der Waals surface area contributed by atoms with Crippen molar-refractivity contribution in [2.75, 3.05) is 13.1 Å². The fraction of sp³-hybridized carbons (Fsp3) is 0.381. The van der Waals surface area contributed by atoms with Crippen LogP contribution < -0.4 is 5.32 Å². The maximum absolute atomic E-state index is 12.9. The summed E-state index contributed by atoms with van der Waals surface area (Å²) in [5, 5.41) is 3.08. The number of benzene rings is 2. The lowest BCUT2D eigenvalue weighted by Crippen LogP contribution is -2.29. The molecule has 5 nitrogen and oxygen atoms in total. The minimum atomic E-state index is -3.70. The summed E-state index contributed by atoms with van der Waals surface area (Å²) < 4.78 is 27.1. The first-order chi connectivity index (χ1) is 13.2. The van der Waals surface area contributed by atoms with Crippen molar-refractivity contribution in [3.05, 3.63) is 63.7 Å². The summed E-state index contributed by atoms with van der Waals surface area (Å²) in [4.78, 5) is 12.7. The largest absolute Gasteiger partial charge is 0.346 e. The molecule has 0 unspecified atom stereocenters. The fourth-order valence-electron chi connectivity index (χ4n) is 3.58. The highest BCUT2D eigenvalue weighted by Gasteiger charge is 2.30. The second-order valence-corrected chi connectivity index (χ2v) is 9.63. The minimum Gasteiger partial charge on any atom is -0.346 e. The number of aryl methyl sites for hydroxylation is 2. The van der Waals surface area contributed by atoms with Crippen molar-refractivity contribution in [3.8, 4) is 0 Å². The van der Waals surface area contributed by atoms with E-state index in [1.54, 1.807) is 6.07 Å². The number of hydrogen-bond donors (Lipinski definition) is 1. The zero-order valence-electron chi connectivity index (χ0n) is 16.3. The van der Waals surface area contributed by atoms with E-state index in [1.807, 2.05) is 32.9 Å². The molecule has 1 N–H and O–H groups in total. The molecule has 0 spiro atoms. The summed E-state index contributed by atoms with van der Waals surface area (Å²) in [6.07, 6.45) is 1.68. The summed E-state index contributed by atoms with van der Waals surface area (Å²) in [6.45, 7) is 6.91. The zero-order chi connectivity index (χ0) is 20.5. The lowest BCUT2D eigenvalue weighted by molar-refractivity contribution is 0.0939. The monoisotopic (exact) mass is 420 g/mol. The summed E-state index contributed by atoms with van der Waals surface area (Å²) in [6, 6.07) is 10.3. The number of hydrogen-bond acceptors (Lipinski definition) is 3. The Hall–Kier alpha value is -1.89. The number of carbonyl (C=O) groups is 1. The van der Waals surface area contributed by atoms with Crippen LogP contribution >= 0.6 is 11.6 Å². The van der Waals surface area contributed by atoms with E-state index in [2.05, 4.69) is 11.4 Å². The van der Waals surface area contributed by atoms with Gasteiger partial charge in [-0.1, -0.05) is 35.4 Å². The van der Waals surface area contributed by atoms with E-state index >= 15 is 0 Å². The lowest BCUT2D eigenvalue weighted by atomic mass is 10.00. The van der Waals surface area contributed by atoms with Gasteiger partial charge in [-0.05, 0) is 62.9 Å². The molecule has 1 aliphatic rings. The van der Waals surface area contributed by atoms with Crippen LogP contribution in [0.3, 0.4) is 0 Å². The van der Waals surface area contributed by atoms with Gasteiger partial charge in [0.15, 0.2) is 0 Å².